The molecule has 0 radical (unpaired) electrons. The Morgan fingerprint density at radius 1 is 1.62 bits per heavy atom. The molecule has 3 N–H and O–H groups in total. The van der Waals surface area contributed by atoms with E-state index in [0.717, 1.165) is 0 Å². The number of halogens is 1. The molecule has 0 aliphatic carbocycles. The van der Waals surface area contributed by atoms with Crippen LogP contribution in [0.1, 0.15) is 0 Å². The summed E-state index contributed by atoms with van der Waals surface area (Å²) in [6, 6.07) is 3.01. The molecule has 0 fully saturated rings. The van der Waals surface area contributed by atoms with Gasteiger partial charge < -0.3 is 5.32 Å². The van der Waals surface area contributed by atoms with Gasteiger partial charge in [0.15, 0.2) is 5.82 Å². The number of rotatable bonds is 2. The Labute approximate surface area is 80.5 Å². The van der Waals surface area contributed by atoms with E-state index in [4.69, 9.17) is 11.6 Å². The number of hydrogen-bond acceptors (Lipinski definition) is 3. The number of anilines is 1. The minimum Gasteiger partial charge on any atom is -0.340 e. The average Bonchev–Trinajstić information content (AvgIpc) is 2.16. The second-order valence-electron chi connectivity index (χ2n) is 2.16. The summed E-state index contributed by atoms with van der Waals surface area (Å²) in [5, 5.41) is 2.81. The Morgan fingerprint density at radius 2 is 2.38 bits per heavy atom. The SMILES string of the molecule is CNC(=O)NNc1ncccc1Cl. The monoisotopic (exact) mass is 200 g/mol. The van der Waals surface area contributed by atoms with Crippen molar-refractivity contribution in [2.45, 2.75) is 0 Å². The number of amides is 2. The molecule has 0 saturated heterocycles. The van der Waals surface area contributed by atoms with Crippen molar-refractivity contribution < 1.29 is 4.79 Å². The Bertz CT molecular complexity index is 304. The molecule has 0 aliphatic heterocycles. The highest BCUT2D eigenvalue weighted by Gasteiger charge is 2.00. The molecular formula is C7H9ClN4O. The van der Waals surface area contributed by atoms with Gasteiger partial charge in [-0.15, -0.1) is 0 Å². The summed E-state index contributed by atoms with van der Waals surface area (Å²) >= 11 is 5.75. The van der Waals surface area contributed by atoms with Gasteiger partial charge in [-0.05, 0) is 12.1 Å². The molecule has 1 aromatic rings. The van der Waals surface area contributed by atoms with Crippen molar-refractivity contribution in [2.24, 2.45) is 0 Å². The number of hydrogen-bond donors (Lipinski definition) is 3. The minimum absolute atomic E-state index is 0.360. The maximum atomic E-state index is 10.7. The summed E-state index contributed by atoms with van der Waals surface area (Å²) in [4.78, 5) is 14.6. The second kappa shape index (κ2) is 4.51. The molecule has 0 bridgehead atoms. The van der Waals surface area contributed by atoms with E-state index in [2.05, 4.69) is 21.2 Å². The number of pyridine rings is 1. The molecule has 1 aromatic heterocycles. The van der Waals surface area contributed by atoms with Crippen LogP contribution in [0.2, 0.25) is 5.02 Å². The van der Waals surface area contributed by atoms with Crippen LogP contribution in [0.4, 0.5) is 10.6 Å². The summed E-state index contributed by atoms with van der Waals surface area (Å²) in [5.41, 5.74) is 4.90. The Hall–Kier alpha value is -1.49. The number of nitrogens with zero attached hydrogens (tertiary/aromatic N) is 1. The lowest BCUT2D eigenvalue weighted by molar-refractivity contribution is 0.244. The number of carbonyl (C=O) groups excluding carboxylic acids is 1. The third-order valence-electron chi connectivity index (χ3n) is 1.28. The lowest BCUT2D eigenvalue weighted by Gasteiger charge is -2.07. The smallest absolute Gasteiger partial charge is 0.333 e. The quantitative estimate of drug-likeness (QED) is 0.624. The molecule has 1 heterocycles. The normalized spacial score (nSPS) is 9.08. The maximum absolute atomic E-state index is 10.7. The molecular weight excluding hydrogens is 192 g/mol. The molecule has 2 amide bonds. The van der Waals surface area contributed by atoms with Crippen molar-refractivity contribution in [1.29, 1.82) is 0 Å². The first-order valence-electron chi connectivity index (χ1n) is 3.58. The topological polar surface area (TPSA) is 66.1 Å². The van der Waals surface area contributed by atoms with Gasteiger partial charge in [0.25, 0.3) is 0 Å². The van der Waals surface area contributed by atoms with E-state index in [1.54, 1.807) is 18.3 Å². The summed E-state index contributed by atoms with van der Waals surface area (Å²) in [7, 11) is 1.51. The summed E-state index contributed by atoms with van der Waals surface area (Å²) in [6.07, 6.45) is 1.57. The van der Waals surface area contributed by atoms with Crippen LogP contribution in [0.15, 0.2) is 18.3 Å². The summed E-state index contributed by atoms with van der Waals surface area (Å²) in [6.45, 7) is 0. The van der Waals surface area contributed by atoms with Crippen LogP contribution in [-0.2, 0) is 0 Å². The fraction of sp³-hybridized carbons (Fsp3) is 0.143. The Kier molecular flexibility index (Phi) is 3.33. The van der Waals surface area contributed by atoms with Crippen LogP contribution < -0.4 is 16.2 Å². The van der Waals surface area contributed by atoms with Crippen molar-refractivity contribution in [3.8, 4) is 0 Å². The first-order chi connectivity index (χ1) is 6.24. The summed E-state index contributed by atoms with van der Waals surface area (Å²) < 4.78 is 0. The molecule has 1 rings (SSSR count). The number of carbonyl (C=O) groups is 1. The number of nitrogens with one attached hydrogen (secondary N) is 3. The molecule has 0 aliphatic rings. The fourth-order valence-corrected chi connectivity index (χ4v) is 0.825. The average molecular weight is 201 g/mol. The molecule has 0 spiro atoms. The zero-order chi connectivity index (χ0) is 9.68. The maximum Gasteiger partial charge on any atom is 0.333 e. The van der Waals surface area contributed by atoms with Crippen LogP contribution in [0, 0.1) is 0 Å². The van der Waals surface area contributed by atoms with E-state index < -0.39 is 0 Å². The van der Waals surface area contributed by atoms with Crippen LogP contribution in [0.3, 0.4) is 0 Å². The minimum atomic E-state index is -0.360. The van der Waals surface area contributed by atoms with Crippen molar-refractivity contribution in [3.63, 3.8) is 0 Å². The third kappa shape index (κ3) is 2.79. The molecule has 6 heteroatoms. The predicted octanol–water partition coefficient (Wildman–Crippen LogP) is 0.991. The predicted molar refractivity (Wildman–Crippen MR) is 50.5 cm³/mol. The highest BCUT2D eigenvalue weighted by molar-refractivity contribution is 6.32. The second-order valence-corrected chi connectivity index (χ2v) is 2.57. The van der Waals surface area contributed by atoms with Crippen molar-refractivity contribution in [1.82, 2.24) is 15.7 Å². The van der Waals surface area contributed by atoms with Gasteiger partial charge in [0.1, 0.15) is 0 Å². The molecule has 0 unspecified atom stereocenters. The molecule has 0 atom stereocenters. The molecule has 13 heavy (non-hydrogen) atoms. The van der Waals surface area contributed by atoms with Gasteiger partial charge in [0, 0.05) is 13.2 Å². The van der Waals surface area contributed by atoms with Crippen LogP contribution in [0.25, 0.3) is 0 Å². The van der Waals surface area contributed by atoms with Gasteiger partial charge in [-0.2, -0.15) is 0 Å². The van der Waals surface area contributed by atoms with Gasteiger partial charge in [0.05, 0.1) is 5.02 Å². The number of hydrazine groups is 1. The first kappa shape index (κ1) is 9.60. The fourth-order valence-electron chi connectivity index (χ4n) is 0.656. The third-order valence-corrected chi connectivity index (χ3v) is 1.58. The van der Waals surface area contributed by atoms with Gasteiger partial charge in [-0.1, -0.05) is 11.6 Å². The van der Waals surface area contributed by atoms with Crippen LogP contribution in [-0.4, -0.2) is 18.1 Å². The highest BCUT2D eigenvalue weighted by atomic mass is 35.5. The Morgan fingerprint density at radius 3 is 3.00 bits per heavy atom. The lowest BCUT2D eigenvalue weighted by Crippen LogP contribution is -2.37. The van der Waals surface area contributed by atoms with E-state index in [1.165, 1.54) is 7.05 Å². The molecule has 70 valence electrons. The highest BCUT2D eigenvalue weighted by Crippen LogP contribution is 2.15. The van der Waals surface area contributed by atoms with Gasteiger partial charge in [-0.25, -0.2) is 9.78 Å². The van der Waals surface area contributed by atoms with Crippen LogP contribution in [0.5, 0.6) is 0 Å². The van der Waals surface area contributed by atoms with E-state index in [0.29, 0.717) is 10.8 Å². The van der Waals surface area contributed by atoms with E-state index in [1.807, 2.05) is 0 Å². The van der Waals surface area contributed by atoms with Gasteiger partial charge in [-0.3, -0.25) is 10.9 Å². The van der Waals surface area contributed by atoms with E-state index in [9.17, 15) is 4.79 Å². The largest absolute Gasteiger partial charge is 0.340 e. The van der Waals surface area contributed by atoms with Crippen molar-refractivity contribution in [3.05, 3.63) is 23.4 Å². The zero-order valence-electron chi connectivity index (χ0n) is 6.97. The molecule has 0 saturated carbocycles. The van der Waals surface area contributed by atoms with E-state index in [-0.39, 0.29) is 6.03 Å². The standard InChI is InChI=1S/C7H9ClN4O/c1-9-7(13)12-11-6-5(8)3-2-4-10-6/h2-4H,1H3,(H,10,11)(H2,9,12,13). The van der Waals surface area contributed by atoms with Gasteiger partial charge in [0.2, 0.25) is 0 Å². The lowest BCUT2D eigenvalue weighted by atomic mass is 10.5. The Balaban J connectivity index is 2.54. The van der Waals surface area contributed by atoms with Gasteiger partial charge >= 0.3 is 6.03 Å². The van der Waals surface area contributed by atoms with Crippen LogP contribution >= 0.6 is 11.6 Å². The van der Waals surface area contributed by atoms with E-state index >= 15 is 0 Å². The van der Waals surface area contributed by atoms with Crippen molar-refractivity contribution >= 4 is 23.4 Å². The number of aromatic nitrogens is 1. The molecule has 0 aromatic carbocycles. The summed E-state index contributed by atoms with van der Waals surface area (Å²) in [5.74, 6) is 0.410. The zero-order valence-corrected chi connectivity index (χ0v) is 7.72. The van der Waals surface area contributed by atoms with Crippen molar-refractivity contribution in [2.75, 3.05) is 12.5 Å². The first-order valence-corrected chi connectivity index (χ1v) is 3.96. The number of urea groups is 1. The molecule has 5 nitrogen and oxygen atoms in total.